The first kappa shape index (κ1) is 19.1. The van der Waals surface area contributed by atoms with Gasteiger partial charge in [-0.25, -0.2) is 0 Å². The molecule has 0 heterocycles. The van der Waals surface area contributed by atoms with Crippen molar-refractivity contribution in [2.75, 3.05) is 19.0 Å². The summed E-state index contributed by atoms with van der Waals surface area (Å²) in [6, 6.07) is 9.47. The second-order valence-electron chi connectivity index (χ2n) is 4.85. The highest BCUT2D eigenvalue weighted by Crippen LogP contribution is 2.34. The Morgan fingerprint density at radius 3 is 2.75 bits per heavy atom. The molecule has 1 amide bonds. The molecule has 0 unspecified atom stereocenters. The van der Waals surface area contributed by atoms with Crippen LogP contribution < -0.4 is 20.5 Å². The van der Waals surface area contributed by atoms with Gasteiger partial charge in [-0.1, -0.05) is 11.6 Å². The molecule has 8 heteroatoms. The zero-order valence-electron chi connectivity index (χ0n) is 12.7. The number of carbonyl (C=O) groups is 1. The zero-order valence-corrected chi connectivity index (χ0v) is 17.2. The van der Waals surface area contributed by atoms with Crippen LogP contribution in [0.4, 0.5) is 5.69 Å². The van der Waals surface area contributed by atoms with E-state index in [0.717, 1.165) is 19.3 Å². The molecule has 0 bridgehead atoms. The topological polar surface area (TPSA) is 73.6 Å². The maximum absolute atomic E-state index is 10.9. The summed E-state index contributed by atoms with van der Waals surface area (Å²) in [5.41, 5.74) is 7.03. The Balaban J connectivity index is 2.14. The predicted molar refractivity (Wildman–Crippen MR) is 107 cm³/mol. The number of anilines is 1. The van der Waals surface area contributed by atoms with Gasteiger partial charge in [0.15, 0.2) is 18.1 Å². The standard InChI is InChI=1S/C16H15BrClIN2O3/c1-23-14-5-9(4-13(19)16(14)24-8-15(20)22)7-21-10-2-3-11(17)12(18)6-10/h2-6,21H,7-8H2,1H3,(H2,20,22). The SMILES string of the molecule is COc1cc(CNc2ccc(Br)c(Cl)c2)cc(I)c1OCC(N)=O. The molecule has 24 heavy (non-hydrogen) atoms. The number of benzene rings is 2. The number of rotatable bonds is 7. The fraction of sp³-hybridized carbons (Fsp3) is 0.188. The molecule has 0 spiro atoms. The zero-order chi connectivity index (χ0) is 17.7. The summed E-state index contributed by atoms with van der Waals surface area (Å²) in [5, 5.41) is 3.94. The summed E-state index contributed by atoms with van der Waals surface area (Å²) < 4.78 is 12.4. The average Bonchev–Trinajstić information content (AvgIpc) is 2.54. The van der Waals surface area contributed by atoms with E-state index in [2.05, 4.69) is 43.8 Å². The summed E-state index contributed by atoms with van der Waals surface area (Å²) in [4.78, 5) is 10.9. The molecule has 0 saturated heterocycles. The average molecular weight is 526 g/mol. The molecule has 2 aromatic rings. The first-order chi connectivity index (χ1) is 11.4. The van der Waals surface area contributed by atoms with E-state index in [1.54, 1.807) is 7.11 Å². The molecule has 5 nitrogen and oxygen atoms in total. The van der Waals surface area contributed by atoms with Gasteiger partial charge in [0, 0.05) is 16.7 Å². The molecule has 0 radical (unpaired) electrons. The highest BCUT2D eigenvalue weighted by atomic mass is 127. The van der Waals surface area contributed by atoms with Gasteiger partial charge in [-0.15, -0.1) is 0 Å². The summed E-state index contributed by atoms with van der Waals surface area (Å²) in [5.74, 6) is 0.520. The number of ether oxygens (including phenoxy) is 2. The lowest BCUT2D eigenvalue weighted by Gasteiger charge is -2.14. The molecule has 3 N–H and O–H groups in total. The Bertz CT molecular complexity index is 758. The summed E-state index contributed by atoms with van der Waals surface area (Å²) >= 11 is 11.6. The Hall–Kier alpha value is -1.19. The Morgan fingerprint density at radius 1 is 1.38 bits per heavy atom. The van der Waals surface area contributed by atoms with Crippen molar-refractivity contribution < 1.29 is 14.3 Å². The summed E-state index contributed by atoms with van der Waals surface area (Å²) in [6.45, 7) is 0.391. The number of halogens is 3. The number of carbonyl (C=O) groups excluding carboxylic acids is 1. The van der Waals surface area contributed by atoms with Crippen molar-refractivity contribution in [3.63, 3.8) is 0 Å². The number of methoxy groups -OCH3 is 1. The molecule has 0 aliphatic heterocycles. The van der Waals surface area contributed by atoms with E-state index in [-0.39, 0.29) is 6.61 Å². The molecule has 0 fully saturated rings. The first-order valence-corrected chi connectivity index (χ1v) is 9.12. The third kappa shape index (κ3) is 5.15. The van der Waals surface area contributed by atoms with Crippen LogP contribution in [-0.4, -0.2) is 19.6 Å². The Morgan fingerprint density at radius 2 is 2.12 bits per heavy atom. The molecular formula is C16H15BrClIN2O3. The maximum atomic E-state index is 10.9. The number of nitrogens with two attached hydrogens (primary N) is 1. The van der Waals surface area contributed by atoms with E-state index in [0.29, 0.717) is 23.1 Å². The molecule has 0 atom stereocenters. The van der Waals surface area contributed by atoms with E-state index >= 15 is 0 Å². The minimum atomic E-state index is -0.536. The third-order valence-electron chi connectivity index (χ3n) is 3.06. The lowest BCUT2D eigenvalue weighted by molar-refractivity contribution is -0.119. The third-order valence-corrected chi connectivity index (χ3v) is 5.10. The fourth-order valence-corrected chi connectivity index (χ4v) is 3.22. The van der Waals surface area contributed by atoms with Crippen LogP contribution in [0.5, 0.6) is 11.5 Å². The van der Waals surface area contributed by atoms with Gasteiger partial charge in [-0.3, -0.25) is 4.79 Å². The van der Waals surface area contributed by atoms with Crippen molar-refractivity contribution in [2.45, 2.75) is 6.54 Å². The van der Waals surface area contributed by atoms with Gasteiger partial charge in [0.2, 0.25) is 0 Å². The van der Waals surface area contributed by atoms with Crippen LogP contribution in [-0.2, 0) is 11.3 Å². The van der Waals surface area contributed by atoms with Crippen LogP contribution in [0.15, 0.2) is 34.8 Å². The van der Waals surface area contributed by atoms with Crippen molar-refractivity contribution in [1.29, 1.82) is 0 Å². The Labute approximate surface area is 167 Å². The van der Waals surface area contributed by atoms with Gasteiger partial charge in [-0.05, 0) is 74.4 Å². The second-order valence-corrected chi connectivity index (χ2v) is 7.27. The van der Waals surface area contributed by atoms with Crippen LogP contribution in [0.25, 0.3) is 0 Å². The molecule has 0 saturated carbocycles. The lowest BCUT2D eigenvalue weighted by Crippen LogP contribution is -2.20. The molecule has 0 aliphatic rings. The first-order valence-electron chi connectivity index (χ1n) is 6.87. The number of hydrogen-bond donors (Lipinski definition) is 2. The van der Waals surface area contributed by atoms with Crippen molar-refractivity contribution in [3.05, 3.63) is 49.0 Å². The van der Waals surface area contributed by atoms with E-state index in [1.165, 1.54) is 0 Å². The predicted octanol–water partition coefficient (Wildman–Crippen LogP) is 4.19. The van der Waals surface area contributed by atoms with Crippen molar-refractivity contribution >= 4 is 61.7 Å². The van der Waals surface area contributed by atoms with Gasteiger partial charge in [-0.2, -0.15) is 0 Å². The van der Waals surface area contributed by atoms with Gasteiger partial charge in [0.05, 0.1) is 15.7 Å². The lowest BCUT2D eigenvalue weighted by atomic mass is 10.2. The minimum Gasteiger partial charge on any atom is -0.493 e. The van der Waals surface area contributed by atoms with E-state index in [1.807, 2.05) is 30.3 Å². The van der Waals surface area contributed by atoms with Crippen molar-refractivity contribution in [2.24, 2.45) is 5.73 Å². The van der Waals surface area contributed by atoms with Gasteiger partial charge >= 0.3 is 0 Å². The number of amides is 1. The number of primary amides is 1. The van der Waals surface area contributed by atoms with Crippen LogP contribution in [0.1, 0.15) is 5.56 Å². The van der Waals surface area contributed by atoms with E-state index in [9.17, 15) is 4.79 Å². The highest BCUT2D eigenvalue weighted by Gasteiger charge is 2.13. The van der Waals surface area contributed by atoms with Gasteiger partial charge in [0.1, 0.15) is 0 Å². The quantitative estimate of drug-likeness (QED) is 0.532. The van der Waals surface area contributed by atoms with Gasteiger partial charge < -0.3 is 20.5 Å². The minimum absolute atomic E-state index is 0.193. The molecular weight excluding hydrogens is 510 g/mol. The second kappa shape index (κ2) is 8.77. The summed E-state index contributed by atoms with van der Waals surface area (Å²) in [6.07, 6.45) is 0. The molecule has 2 rings (SSSR count). The fourth-order valence-electron chi connectivity index (χ4n) is 1.97. The molecule has 2 aromatic carbocycles. The molecule has 128 valence electrons. The molecule has 0 aromatic heterocycles. The van der Waals surface area contributed by atoms with Crippen LogP contribution in [0.2, 0.25) is 5.02 Å². The van der Waals surface area contributed by atoms with Crippen LogP contribution >= 0.6 is 50.1 Å². The van der Waals surface area contributed by atoms with Crippen LogP contribution in [0.3, 0.4) is 0 Å². The van der Waals surface area contributed by atoms with E-state index < -0.39 is 5.91 Å². The van der Waals surface area contributed by atoms with Crippen molar-refractivity contribution in [3.8, 4) is 11.5 Å². The normalized spacial score (nSPS) is 10.3. The molecule has 0 aliphatic carbocycles. The number of hydrogen-bond acceptors (Lipinski definition) is 4. The number of nitrogens with one attached hydrogen (secondary N) is 1. The largest absolute Gasteiger partial charge is 0.493 e. The highest BCUT2D eigenvalue weighted by molar-refractivity contribution is 14.1. The smallest absolute Gasteiger partial charge is 0.255 e. The van der Waals surface area contributed by atoms with E-state index in [4.69, 9.17) is 26.8 Å². The maximum Gasteiger partial charge on any atom is 0.255 e. The van der Waals surface area contributed by atoms with Gasteiger partial charge in [0.25, 0.3) is 5.91 Å². The van der Waals surface area contributed by atoms with Crippen LogP contribution in [0, 0.1) is 3.57 Å². The monoisotopic (exact) mass is 524 g/mol. The van der Waals surface area contributed by atoms with Crippen molar-refractivity contribution in [1.82, 2.24) is 0 Å². The summed E-state index contributed by atoms with van der Waals surface area (Å²) in [7, 11) is 1.55. The Kier molecular flexibility index (Phi) is 7.00.